The summed E-state index contributed by atoms with van der Waals surface area (Å²) in [5, 5.41) is 3.26. The fourth-order valence-corrected chi connectivity index (χ4v) is 1.61. The lowest BCUT2D eigenvalue weighted by Gasteiger charge is -2.30. The Bertz CT molecular complexity index is 147. The Labute approximate surface area is 79.2 Å². The van der Waals surface area contributed by atoms with Gasteiger partial charge in [0.25, 0.3) is 0 Å². The molecule has 0 saturated carbocycles. The van der Waals surface area contributed by atoms with Crippen LogP contribution in [0, 0.1) is 0 Å². The summed E-state index contributed by atoms with van der Waals surface area (Å²) in [6, 6.07) is 0.355. The molecule has 1 aliphatic rings. The van der Waals surface area contributed by atoms with Gasteiger partial charge in [0.05, 0.1) is 6.61 Å². The van der Waals surface area contributed by atoms with Crippen molar-refractivity contribution in [3.8, 4) is 0 Å². The number of nitrogens with one attached hydrogen (secondary N) is 1. The highest BCUT2D eigenvalue weighted by Crippen LogP contribution is 2.09. The van der Waals surface area contributed by atoms with E-state index in [1.54, 1.807) is 12.0 Å². The second kappa shape index (κ2) is 5.94. The van der Waals surface area contributed by atoms with Crippen molar-refractivity contribution in [2.75, 3.05) is 33.4 Å². The van der Waals surface area contributed by atoms with Crippen molar-refractivity contribution in [3.05, 3.63) is 0 Å². The minimum atomic E-state index is 0.355. The molecule has 1 amide bonds. The molecule has 0 spiro atoms. The van der Waals surface area contributed by atoms with E-state index in [-0.39, 0.29) is 0 Å². The molecule has 13 heavy (non-hydrogen) atoms. The van der Waals surface area contributed by atoms with Gasteiger partial charge in [-0.15, -0.1) is 0 Å². The number of piperidine rings is 1. The summed E-state index contributed by atoms with van der Waals surface area (Å²) < 4.78 is 4.93. The lowest BCUT2D eigenvalue weighted by atomic mass is 10.1. The van der Waals surface area contributed by atoms with Gasteiger partial charge in [0.15, 0.2) is 0 Å². The predicted molar refractivity (Wildman–Crippen MR) is 50.2 cm³/mol. The van der Waals surface area contributed by atoms with Gasteiger partial charge in [-0.05, 0) is 25.9 Å². The lowest BCUT2D eigenvalue weighted by molar-refractivity contribution is 0.148. The molecule has 0 aliphatic carbocycles. The predicted octanol–water partition coefficient (Wildman–Crippen LogP) is -0.246. The summed E-state index contributed by atoms with van der Waals surface area (Å²) in [5.41, 5.74) is 0. The van der Waals surface area contributed by atoms with E-state index in [4.69, 9.17) is 4.74 Å². The average Bonchev–Trinajstić information content (AvgIpc) is 2.21. The smallest absolute Gasteiger partial charge is 0.312 e. The molecule has 1 aliphatic heterocycles. The normalized spacial score (nSPS) is 18.5. The van der Waals surface area contributed by atoms with Crippen molar-refractivity contribution < 1.29 is 9.53 Å². The summed E-state index contributed by atoms with van der Waals surface area (Å²) in [6.45, 7) is 3.25. The first kappa shape index (κ1) is 10.5. The van der Waals surface area contributed by atoms with Crippen molar-refractivity contribution in [1.29, 1.82) is 0 Å². The molecule has 1 fully saturated rings. The van der Waals surface area contributed by atoms with E-state index in [0.717, 1.165) is 25.9 Å². The van der Waals surface area contributed by atoms with Crippen molar-refractivity contribution in [2.45, 2.75) is 18.9 Å². The summed E-state index contributed by atoms with van der Waals surface area (Å²) in [6.07, 6.45) is 4.04. The van der Waals surface area contributed by atoms with E-state index in [2.05, 4.69) is 5.32 Å². The van der Waals surface area contributed by atoms with Crippen molar-refractivity contribution in [3.63, 3.8) is 0 Å². The maximum absolute atomic E-state index is 10.6. The second-order valence-electron chi connectivity index (χ2n) is 3.26. The zero-order valence-electron chi connectivity index (χ0n) is 8.08. The SMILES string of the molecule is COCCN([C]=O)C1CCNCC1. The van der Waals surface area contributed by atoms with Gasteiger partial charge in [-0.3, -0.25) is 4.79 Å². The van der Waals surface area contributed by atoms with Gasteiger partial charge < -0.3 is 15.0 Å². The van der Waals surface area contributed by atoms with Gasteiger partial charge >= 0.3 is 6.41 Å². The second-order valence-corrected chi connectivity index (χ2v) is 3.26. The molecule has 1 N–H and O–H groups in total. The first-order chi connectivity index (χ1) is 6.38. The Morgan fingerprint density at radius 2 is 2.23 bits per heavy atom. The maximum Gasteiger partial charge on any atom is 0.312 e. The lowest BCUT2D eigenvalue weighted by Crippen LogP contribution is -2.43. The van der Waals surface area contributed by atoms with Crippen LogP contribution in [0.25, 0.3) is 0 Å². The summed E-state index contributed by atoms with van der Waals surface area (Å²) >= 11 is 0. The van der Waals surface area contributed by atoms with Crippen LogP contribution < -0.4 is 5.32 Å². The van der Waals surface area contributed by atoms with Gasteiger partial charge in [-0.25, -0.2) is 0 Å². The number of methoxy groups -OCH3 is 1. The summed E-state index contributed by atoms with van der Waals surface area (Å²) in [7, 11) is 1.64. The number of amides is 1. The minimum absolute atomic E-state index is 0.355. The molecular weight excluding hydrogens is 168 g/mol. The monoisotopic (exact) mass is 185 g/mol. The van der Waals surface area contributed by atoms with Crippen LogP contribution in [-0.2, 0) is 9.53 Å². The molecule has 75 valence electrons. The highest BCUT2D eigenvalue weighted by Gasteiger charge is 2.19. The van der Waals surface area contributed by atoms with Gasteiger partial charge in [0.2, 0.25) is 0 Å². The van der Waals surface area contributed by atoms with Gasteiger partial charge in [-0.1, -0.05) is 0 Å². The fraction of sp³-hybridized carbons (Fsp3) is 0.889. The van der Waals surface area contributed by atoms with E-state index < -0.39 is 0 Å². The van der Waals surface area contributed by atoms with E-state index in [1.165, 1.54) is 0 Å². The number of ether oxygens (including phenoxy) is 1. The van der Waals surface area contributed by atoms with Crippen LogP contribution in [0.3, 0.4) is 0 Å². The minimum Gasteiger partial charge on any atom is -0.383 e. The molecular formula is C9H17N2O2. The Balaban J connectivity index is 2.30. The number of carbonyl (C=O) groups excluding carboxylic acids is 1. The van der Waals surface area contributed by atoms with Gasteiger partial charge in [0, 0.05) is 19.7 Å². The first-order valence-corrected chi connectivity index (χ1v) is 4.72. The molecule has 0 bridgehead atoms. The quantitative estimate of drug-likeness (QED) is 0.601. The van der Waals surface area contributed by atoms with Crippen LogP contribution in [0.15, 0.2) is 0 Å². The Kier molecular flexibility index (Phi) is 4.78. The van der Waals surface area contributed by atoms with Crippen molar-refractivity contribution in [2.24, 2.45) is 0 Å². The molecule has 1 heterocycles. The molecule has 0 aromatic heterocycles. The van der Waals surface area contributed by atoms with Crippen molar-refractivity contribution in [1.82, 2.24) is 10.2 Å². The Morgan fingerprint density at radius 1 is 1.54 bits per heavy atom. The molecule has 0 aromatic carbocycles. The topological polar surface area (TPSA) is 41.6 Å². The highest BCUT2D eigenvalue weighted by molar-refractivity contribution is 5.48. The number of hydrogen-bond donors (Lipinski definition) is 1. The molecule has 1 saturated heterocycles. The molecule has 4 nitrogen and oxygen atoms in total. The van der Waals surface area contributed by atoms with E-state index in [9.17, 15) is 4.79 Å². The van der Waals surface area contributed by atoms with Crippen LogP contribution in [-0.4, -0.2) is 50.7 Å². The van der Waals surface area contributed by atoms with Crippen LogP contribution in [0.5, 0.6) is 0 Å². The number of nitrogens with zero attached hydrogens (tertiary/aromatic N) is 1. The standard InChI is InChI=1S/C9H17N2O2/c1-13-7-6-11(8-12)9-2-4-10-5-3-9/h9-10H,2-7H2,1H3. The molecule has 0 unspecified atom stereocenters. The van der Waals surface area contributed by atoms with Crippen LogP contribution in [0.2, 0.25) is 0 Å². The molecule has 0 atom stereocenters. The third-order valence-electron chi connectivity index (χ3n) is 2.40. The fourth-order valence-electron chi connectivity index (χ4n) is 1.61. The highest BCUT2D eigenvalue weighted by atomic mass is 16.5. The molecule has 1 rings (SSSR count). The molecule has 4 heteroatoms. The van der Waals surface area contributed by atoms with Gasteiger partial charge in [0.1, 0.15) is 0 Å². The zero-order valence-corrected chi connectivity index (χ0v) is 8.08. The number of rotatable bonds is 5. The van der Waals surface area contributed by atoms with E-state index in [0.29, 0.717) is 19.2 Å². The third kappa shape index (κ3) is 3.32. The average molecular weight is 185 g/mol. The maximum atomic E-state index is 10.6. The summed E-state index contributed by atoms with van der Waals surface area (Å²) in [5.74, 6) is 0. The van der Waals surface area contributed by atoms with Crippen LogP contribution in [0.1, 0.15) is 12.8 Å². The summed E-state index contributed by atoms with van der Waals surface area (Å²) in [4.78, 5) is 12.4. The largest absolute Gasteiger partial charge is 0.383 e. The Hall–Kier alpha value is -0.610. The number of hydrogen-bond acceptors (Lipinski definition) is 3. The van der Waals surface area contributed by atoms with Gasteiger partial charge in [-0.2, -0.15) is 0 Å². The van der Waals surface area contributed by atoms with Crippen LogP contribution >= 0.6 is 0 Å². The molecule has 1 radical (unpaired) electrons. The molecule has 0 aromatic rings. The van der Waals surface area contributed by atoms with E-state index in [1.807, 2.05) is 6.41 Å². The first-order valence-electron chi connectivity index (χ1n) is 4.72. The van der Waals surface area contributed by atoms with Crippen molar-refractivity contribution >= 4 is 6.41 Å². The van der Waals surface area contributed by atoms with E-state index >= 15 is 0 Å². The van der Waals surface area contributed by atoms with Crippen LogP contribution in [0.4, 0.5) is 0 Å². The third-order valence-corrected chi connectivity index (χ3v) is 2.40. The zero-order chi connectivity index (χ0) is 9.52. The Morgan fingerprint density at radius 3 is 2.77 bits per heavy atom.